The van der Waals surface area contributed by atoms with E-state index >= 15 is 0 Å². The van der Waals surface area contributed by atoms with Gasteiger partial charge in [-0.1, -0.05) is 50.2 Å². The lowest BCUT2D eigenvalue weighted by Crippen LogP contribution is -2.56. The zero-order valence-electron chi connectivity index (χ0n) is 38.9. The zero-order chi connectivity index (χ0) is 45.5. The first kappa shape index (κ1) is 47.3. The van der Waals surface area contributed by atoms with E-state index in [-0.39, 0.29) is 57.0 Å². The maximum Gasteiger partial charge on any atom is 0.134 e. The van der Waals surface area contributed by atoms with Gasteiger partial charge in [-0.25, -0.2) is 0 Å². The maximum absolute atomic E-state index is 12.2. The van der Waals surface area contributed by atoms with Crippen molar-refractivity contribution in [3.8, 4) is 0 Å². The zero-order valence-corrected chi connectivity index (χ0v) is 38.9. The molecule has 0 aromatic rings. The molecule has 8 aliphatic carbocycles. The molecule has 0 amide bonds. The fourth-order valence-corrected chi connectivity index (χ4v) is 14.6. The minimum Gasteiger partial charge on any atom is -0.399 e. The molecule has 8 rings (SSSR count). The number of carbonyl (C=O) groups is 1. The van der Waals surface area contributed by atoms with Gasteiger partial charge in [0.05, 0.1) is 53.1 Å². The van der Waals surface area contributed by atoms with Crippen molar-refractivity contribution in [2.75, 3.05) is 14.2 Å². The first-order valence-corrected chi connectivity index (χ1v) is 23.3. The van der Waals surface area contributed by atoms with Crippen LogP contribution in [-0.2, 0) is 14.5 Å². The van der Waals surface area contributed by atoms with Crippen molar-refractivity contribution in [1.29, 1.82) is 0 Å². The summed E-state index contributed by atoms with van der Waals surface area (Å²) in [7, 11) is 3.08. The van der Waals surface area contributed by atoms with Crippen molar-refractivity contribution in [2.24, 2.45) is 67.5 Å². The molecule has 7 N–H and O–H groups in total. The number of aliphatic hydroxyl groups excluding tert-OH is 5. The largest absolute Gasteiger partial charge is 0.399 e. The number of allylic oxidation sites excluding steroid dienone is 8. The second-order valence-electron chi connectivity index (χ2n) is 22.4. The highest BCUT2D eigenvalue weighted by Crippen LogP contribution is 2.66. The summed E-state index contributed by atoms with van der Waals surface area (Å²) < 4.78 is 0. The second-order valence-corrected chi connectivity index (χ2v) is 22.4. The third-order valence-electron chi connectivity index (χ3n) is 18.1. The minimum atomic E-state index is -1.30. The lowest BCUT2D eigenvalue weighted by molar-refractivity contribution is -0.134. The van der Waals surface area contributed by atoms with Crippen LogP contribution in [0.3, 0.4) is 0 Å². The van der Waals surface area contributed by atoms with Crippen LogP contribution in [0.25, 0.3) is 0 Å². The van der Waals surface area contributed by atoms with Gasteiger partial charge in [-0.05, 0) is 167 Å². The molecule has 12 heteroatoms. The highest BCUT2D eigenvalue weighted by molar-refractivity contribution is 6.00. The standard InChI is InChI=1S/C28H45NO6.C22H31NO4/c1-25(2,33)11-10-24(32)28(5,34)23-8-7-17-16-13-20(29-35-6)19-14-21(30)22(31)15-27(19,4)18(16)9-12-26(17,23)3;1-12(24)14-5-6-15-13-9-18(23-27-4)17-10-19(25)20(26)11-22(17,3)16(13)7-8-21(14,15)2/h7,13,18-19,21-24,30-34H,8-12,14-15H2,1-6H3;6,9,14,16-17,19-20,25-26H,5,7-8,10-11H2,1-4H3/b29-20-;23-18-/t18?,19-,21+,22-,23-,24+,26-,27+,28+;14-,16?,17+,19-,20+,21-,22-/m01/s1. The van der Waals surface area contributed by atoms with Gasteiger partial charge in [-0.15, -0.1) is 0 Å². The molecule has 2 unspecified atom stereocenters. The molecule has 0 aromatic carbocycles. The van der Waals surface area contributed by atoms with Crippen molar-refractivity contribution < 1.29 is 50.2 Å². The molecule has 16 atom stereocenters. The molecule has 12 nitrogen and oxygen atoms in total. The molecule has 62 heavy (non-hydrogen) atoms. The number of rotatable bonds is 8. The Hall–Kier alpha value is -2.71. The summed E-state index contributed by atoms with van der Waals surface area (Å²) >= 11 is 0. The normalized spacial score (nSPS) is 44.9. The van der Waals surface area contributed by atoms with Gasteiger partial charge in [0.15, 0.2) is 0 Å². The molecule has 0 aliphatic heterocycles. The third kappa shape index (κ3) is 7.73. The summed E-state index contributed by atoms with van der Waals surface area (Å²) in [6.45, 7) is 15.8. The van der Waals surface area contributed by atoms with E-state index in [1.165, 1.54) is 29.4 Å². The number of hydrogen-bond acceptors (Lipinski definition) is 12. The van der Waals surface area contributed by atoms with E-state index < -0.39 is 41.7 Å². The van der Waals surface area contributed by atoms with Crippen molar-refractivity contribution in [1.82, 2.24) is 0 Å². The fourth-order valence-electron chi connectivity index (χ4n) is 14.6. The van der Waals surface area contributed by atoms with Gasteiger partial charge in [0.2, 0.25) is 0 Å². The van der Waals surface area contributed by atoms with Crippen molar-refractivity contribution in [3.05, 3.63) is 46.6 Å². The Bertz CT molecular complexity index is 1940. The third-order valence-corrected chi connectivity index (χ3v) is 18.1. The van der Waals surface area contributed by atoms with Crippen molar-refractivity contribution in [2.45, 2.75) is 174 Å². The van der Waals surface area contributed by atoms with Crippen molar-refractivity contribution >= 4 is 17.2 Å². The molecular formula is C50H76N2O10. The lowest BCUT2D eigenvalue weighted by atomic mass is 9.47. The van der Waals surface area contributed by atoms with Gasteiger partial charge < -0.3 is 45.4 Å². The minimum absolute atomic E-state index is 0.00326. The topological polar surface area (TPSA) is 202 Å². The molecule has 0 heterocycles. The average molecular weight is 865 g/mol. The van der Waals surface area contributed by atoms with Crippen LogP contribution in [0.15, 0.2) is 56.9 Å². The van der Waals surface area contributed by atoms with E-state index in [4.69, 9.17) is 9.68 Å². The maximum atomic E-state index is 12.2. The molecule has 0 bridgehead atoms. The molecule has 8 aliphatic rings. The number of hydrogen-bond donors (Lipinski definition) is 7. The number of Topliss-reactive ketones (excluding diaryl/α,β-unsaturated/α-hetero) is 1. The molecule has 346 valence electrons. The summed E-state index contributed by atoms with van der Waals surface area (Å²) in [5, 5.41) is 83.2. The van der Waals surface area contributed by atoms with Crippen LogP contribution in [0.2, 0.25) is 0 Å². The van der Waals surface area contributed by atoms with Gasteiger partial charge in [-0.2, -0.15) is 0 Å². The van der Waals surface area contributed by atoms with E-state index in [1.807, 2.05) is 0 Å². The predicted octanol–water partition coefficient (Wildman–Crippen LogP) is 6.11. The van der Waals surface area contributed by atoms with Crippen LogP contribution in [0.1, 0.15) is 132 Å². The smallest absolute Gasteiger partial charge is 0.134 e. The first-order valence-electron chi connectivity index (χ1n) is 23.3. The number of aliphatic hydroxyl groups is 7. The van der Waals surface area contributed by atoms with Crippen LogP contribution in [-0.4, -0.2) is 109 Å². The molecule has 0 aromatic heterocycles. The number of ketones is 1. The van der Waals surface area contributed by atoms with E-state index in [0.29, 0.717) is 50.9 Å². The monoisotopic (exact) mass is 865 g/mol. The summed E-state index contributed by atoms with van der Waals surface area (Å²) in [6, 6.07) is 0. The van der Waals surface area contributed by atoms with Gasteiger partial charge in [-0.3, -0.25) is 4.79 Å². The van der Waals surface area contributed by atoms with E-state index in [2.05, 4.69) is 62.3 Å². The molecule has 0 spiro atoms. The molecule has 0 radical (unpaired) electrons. The number of fused-ring (bicyclic) bond motifs is 10. The Balaban J connectivity index is 0.000000192. The highest BCUT2D eigenvalue weighted by atomic mass is 16.6. The number of oxime groups is 2. The molecule has 0 saturated heterocycles. The first-order chi connectivity index (χ1) is 28.9. The Morgan fingerprint density at radius 2 is 1.19 bits per heavy atom. The highest BCUT2D eigenvalue weighted by Gasteiger charge is 2.62. The van der Waals surface area contributed by atoms with Crippen LogP contribution >= 0.6 is 0 Å². The number of carbonyl (C=O) groups excluding carboxylic acids is 1. The lowest BCUT2D eigenvalue weighted by Gasteiger charge is -2.57. The summed E-state index contributed by atoms with van der Waals surface area (Å²) in [6.07, 6.45) is 12.9. The van der Waals surface area contributed by atoms with Gasteiger partial charge in [0.25, 0.3) is 0 Å². The molecule has 4 saturated carbocycles. The Labute approximate surface area is 368 Å². The van der Waals surface area contributed by atoms with Crippen LogP contribution in [0.4, 0.5) is 0 Å². The Morgan fingerprint density at radius 3 is 1.65 bits per heavy atom. The van der Waals surface area contributed by atoms with Gasteiger partial charge in [0.1, 0.15) is 20.0 Å². The number of nitrogens with zero attached hydrogens (tertiary/aromatic N) is 2. The fraction of sp³-hybridized carbons (Fsp3) is 0.780. The molecule has 4 fully saturated rings. The van der Waals surface area contributed by atoms with Gasteiger partial charge in [0, 0.05) is 29.1 Å². The van der Waals surface area contributed by atoms with Crippen LogP contribution < -0.4 is 0 Å². The quantitative estimate of drug-likeness (QED) is 0.140. The van der Waals surface area contributed by atoms with Crippen LogP contribution in [0.5, 0.6) is 0 Å². The predicted molar refractivity (Wildman–Crippen MR) is 238 cm³/mol. The summed E-state index contributed by atoms with van der Waals surface area (Å²) in [5.41, 5.74) is 3.58. The Kier molecular flexibility index (Phi) is 12.7. The van der Waals surface area contributed by atoms with Crippen LogP contribution in [0, 0.1) is 57.2 Å². The average Bonchev–Trinajstić information content (AvgIpc) is 3.74. The summed E-state index contributed by atoms with van der Waals surface area (Å²) in [4.78, 5) is 22.6. The molecular weight excluding hydrogens is 789 g/mol. The Morgan fingerprint density at radius 1 is 0.742 bits per heavy atom. The van der Waals surface area contributed by atoms with E-state index in [0.717, 1.165) is 43.5 Å². The SMILES string of the molecule is CO/N=C1/C=C2C3=CC[C@H](C(C)=O)[C@@]3(C)CCC2[C@@]2(C)C[C@H](O)[C@H](O)C[C@@H]12.CO/N=C1/C=C2C3=CC[C@H]([C@@](C)(O)[C@H](O)CCC(C)(C)O)[C@@]3(C)CCC2[C@@]2(C)C[C@H](O)[C@H](O)C[C@@H]12. The second kappa shape index (κ2) is 16.6. The summed E-state index contributed by atoms with van der Waals surface area (Å²) in [5.74, 6) is 0.768. The van der Waals surface area contributed by atoms with E-state index in [1.54, 1.807) is 34.8 Å². The van der Waals surface area contributed by atoms with E-state index in [9.17, 15) is 40.5 Å². The van der Waals surface area contributed by atoms with Crippen molar-refractivity contribution in [3.63, 3.8) is 0 Å². The van der Waals surface area contributed by atoms with Gasteiger partial charge >= 0.3 is 0 Å².